The maximum atomic E-state index is 10.8. The molecule has 0 heterocycles. The van der Waals surface area contributed by atoms with Crippen LogP contribution in [0.4, 0.5) is 0 Å². The van der Waals surface area contributed by atoms with Crippen LogP contribution in [-0.2, 0) is 56.9 Å². The monoisotopic (exact) mass is 604 g/mol. The minimum Gasteiger partial charge on any atom is -0.467 e. The van der Waals surface area contributed by atoms with Gasteiger partial charge in [0.25, 0.3) is 0 Å². The number of halogens is 1. The summed E-state index contributed by atoms with van der Waals surface area (Å²) in [6.45, 7) is 9.69. The fraction of sp³-hybridized carbons (Fsp3) is 0.963. The Hall–Kier alpha value is -0.640. The van der Waals surface area contributed by atoms with E-state index in [0.717, 1.165) is 25.3 Å². The van der Waals surface area contributed by atoms with Crippen LogP contribution >= 0.6 is 11.6 Å². The molecule has 12 nitrogen and oxygen atoms in total. The molecule has 0 bridgehead atoms. The standard InChI is InChI=1S/C27H53ClO12/c1-30-27(29)26-40-25-24-39-23-22-38-21-20-37-19-18-36-17-16-35-15-14-34-13-12-33-11-10-32-9-8-31-7-5-3-2-4-6-28/h2-26H2,1H3. The third-order valence-electron chi connectivity index (χ3n) is 4.97. The maximum absolute atomic E-state index is 10.8. The van der Waals surface area contributed by atoms with E-state index in [1.54, 1.807) is 0 Å². The van der Waals surface area contributed by atoms with Gasteiger partial charge in [-0.15, -0.1) is 11.6 Å². The molecule has 40 heavy (non-hydrogen) atoms. The predicted molar refractivity (Wildman–Crippen MR) is 149 cm³/mol. The highest BCUT2D eigenvalue weighted by Crippen LogP contribution is 2.01. The molecule has 0 aliphatic heterocycles. The summed E-state index contributed by atoms with van der Waals surface area (Å²) >= 11 is 5.64. The van der Waals surface area contributed by atoms with Crippen LogP contribution in [-0.4, -0.2) is 151 Å². The van der Waals surface area contributed by atoms with Crippen molar-refractivity contribution in [1.82, 2.24) is 0 Å². The molecule has 0 aliphatic rings. The van der Waals surface area contributed by atoms with E-state index in [2.05, 4.69) is 4.74 Å². The van der Waals surface area contributed by atoms with Gasteiger partial charge in [-0.1, -0.05) is 12.8 Å². The van der Waals surface area contributed by atoms with Crippen molar-refractivity contribution in [3.63, 3.8) is 0 Å². The molecule has 0 aromatic carbocycles. The average Bonchev–Trinajstić information content (AvgIpc) is 2.97. The lowest BCUT2D eigenvalue weighted by atomic mass is 10.2. The van der Waals surface area contributed by atoms with Crippen LogP contribution in [0.25, 0.3) is 0 Å². The summed E-state index contributed by atoms with van der Waals surface area (Å²) in [7, 11) is 1.32. The van der Waals surface area contributed by atoms with Crippen molar-refractivity contribution in [2.75, 3.05) is 145 Å². The Morgan fingerprint density at radius 2 is 0.675 bits per heavy atom. The molecular formula is C27H53ClO12. The molecule has 0 unspecified atom stereocenters. The Morgan fingerprint density at radius 3 is 0.975 bits per heavy atom. The van der Waals surface area contributed by atoms with Gasteiger partial charge in [-0.05, 0) is 12.8 Å². The van der Waals surface area contributed by atoms with Gasteiger partial charge < -0.3 is 52.1 Å². The summed E-state index contributed by atoms with van der Waals surface area (Å²) in [6.07, 6.45) is 4.49. The van der Waals surface area contributed by atoms with Gasteiger partial charge in [0, 0.05) is 12.5 Å². The van der Waals surface area contributed by atoms with Crippen molar-refractivity contribution in [2.24, 2.45) is 0 Å². The van der Waals surface area contributed by atoms with E-state index in [1.165, 1.54) is 20.0 Å². The second-order valence-corrected chi connectivity index (χ2v) is 8.62. The molecule has 0 saturated carbocycles. The van der Waals surface area contributed by atoms with Crippen molar-refractivity contribution < 1.29 is 56.9 Å². The molecule has 0 aliphatic carbocycles. The van der Waals surface area contributed by atoms with Gasteiger partial charge >= 0.3 is 5.97 Å². The molecule has 0 rings (SSSR count). The van der Waals surface area contributed by atoms with Crippen LogP contribution in [0.15, 0.2) is 0 Å². The highest BCUT2D eigenvalue weighted by atomic mass is 35.5. The fourth-order valence-electron chi connectivity index (χ4n) is 2.85. The fourth-order valence-corrected chi connectivity index (χ4v) is 3.03. The Balaban J connectivity index is 3.04. The van der Waals surface area contributed by atoms with Crippen LogP contribution < -0.4 is 0 Å². The van der Waals surface area contributed by atoms with Crippen LogP contribution in [0.2, 0.25) is 0 Å². The minimum atomic E-state index is -0.405. The molecule has 0 atom stereocenters. The molecule has 0 aromatic rings. The van der Waals surface area contributed by atoms with E-state index >= 15 is 0 Å². The van der Waals surface area contributed by atoms with Crippen molar-refractivity contribution in [1.29, 1.82) is 0 Å². The Labute approximate surface area is 245 Å². The molecule has 0 N–H and O–H groups in total. The molecule has 0 aromatic heterocycles. The Kier molecular flexibility index (Phi) is 35.8. The van der Waals surface area contributed by atoms with Gasteiger partial charge in [-0.3, -0.25) is 0 Å². The lowest BCUT2D eigenvalue weighted by Gasteiger charge is -2.09. The molecule has 0 spiro atoms. The van der Waals surface area contributed by atoms with Gasteiger partial charge in [0.2, 0.25) is 0 Å². The van der Waals surface area contributed by atoms with Gasteiger partial charge in [-0.2, -0.15) is 0 Å². The number of alkyl halides is 1. The molecule has 0 amide bonds. The largest absolute Gasteiger partial charge is 0.467 e. The van der Waals surface area contributed by atoms with Crippen LogP contribution in [0, 0.1) is 0 Å². The highest BCUT2D eigenvalue weighted by Gasteiger charge is 1.99. The summed E-state index contributed by atoms with van der Waals surface area (Å²) in [5, 5.41) is 0. The van der Waals surface area contributed by atoms with Crippen LogP contribution in [0.1, 0.15) is 25.7 Å². The number of esters is 1. The van der Waals surface area contributed by atoms with Gasteiger partial charge in [-0.25, -0.2) is 4.79 Å². The van der Waals surface area contributed by atoms with Gasteiger partial charge in [0.05, 0.1) is 126 Å². The van der Waals surface area contributed by atoms with Gasteiger partial charge in [0.15, 0.2) is 0 Å². The van der Waals surface area contributed by atoms with Gasteiger partial charge in [0.1, 0.15) is 6.61 Å². The second-order valence-electron chi connectivity index (χ2n) is 8.24. The molecular weight excluding hydrogens is 552 g/mol. The zero-order valence-electron chi connectivity index (χ0n) is 24.5. The van der Waals surface area contributed by atoms with E-state index in [0.29, 0.717) is 119 Å². The lowest BCUT2D eigenvalue weighted by Crippen LogP contribution is -2.16. The van der Waals surface area contributed by atoms with E-state index < -0.39 is 5.97 Å². The SMILES string of the molecule is COC(=O)COCCOCCOCCOCCOCCOCCOCCOCCOCCOCCCCCCCl. The average molecular weight is 605 g/mol. The van der Waals surface area contributed by atoms with Crippen LogP contribution in [0.3, 0.4) is 0 Å². The Morgan fingerprint density at radius 1 is 0.400 bits per heavy atom. The third-order valence-corrected chi connectivity index (χ3v) is 5.24. The summed E-state index contributed by atoms with van der Waals surface area (Å²) in [5.41, 5.74) is 0. The Bertz CT molecular complexity index is 490. The number of unbranched alkanes of at least 4 members (excludes halogenated alkanes) is 3. The maximum Gasteiger partial charge on any atom is 0.331 e. The smallest absolute Gasteiger partial charge is 0.331 e. The number of hydrogen-bond donors (Lipinski definition) is 0. The normalized spacial score (nSPS) is 11.3. The molecule has 13 heteroatoms. The van der Waals surface area contributed by atoms with E-state index in [-0.39, 0.29) is 6.61 Å². The van der Waals surface area contributed by atoms with E-state index in [4.69, 9.17) is 59.0 Å². The summed E-state index contributed by atoms with van der Waals surface area (Å²) in [4.78, 5) is 10.8. The van der Waals surface area contributed by atoms with Crippen LogP contribution in [0.5, 0.6) is 0 Å². The molecule has 0 radical (unpaired) electrons. The highest BCUT2D eigenvalue weighted by molar-refractivity contribution is 6.17. The lowest BCUT2D eigenvalue weighted by molar-refractivity contribution is -0.146. The summed E-state index contributed by atoms with van der Waals surface area (Å²) in [5.74, 6) is 0.336. The number of ether oxygens (including phenoxy) is 11. The number of rotatable bonds is 35. The van der Waals surface area contributed by atoms with Crippen molar-refractivity contribution in [3.05, 3.63) is 0 Å². The number of carbonyl (C=O) groups is 1. The first-order valence-electron chi connectivity index (χ1n) is 14.2. The minimum absolute atomic E-state index is 0.0673. The first kappa shape index (κ1) is 39.4. The summed E-state index contributed by atoms with van der Waals surface area (Å²) in [6, 6.07) is 0. The quantitative estimate of drug-likeness (QED) is 0.0599. The second kappa shape index (κ2) is 36.4. The first-order valence-corrected chi connectivity index (χ1v) is 14.7. The number of hydrogen-bond acceptors (Lipinski definition) is 12. The van der Waals surface area contributed by atoms with Crippen molar-refractivity contribution >= 4 is 17.6 Å². The van der Waals surface area contributed by atoms with Crippen molar-refractivity contribution in [3.8, 4) is 0 Å². The third kappa shape index (κ3) is 35.4. The first-order chi connectivity index (χ1) is 19.8. The molecule has 240 valence electrons. The number of methoxy groups -OCH3 is 1. The topological polar surface area (TPSA) is 119 Å². The number of carbonyl (C=O) groups excluding carboxylic acids is 1. The zero-order valence-corrected chi connectivity index (χ0v) is 25.2. The molecule has 0 saturated heterocycles. The predicted octanol–water partition coefficient (Wildman–Crippen LogP) is 2.12. The summed E-state index contributed by atoms with van der Waals surface area (Å²) < 4.78 is 58.5. The van der Waals surface area contributed by atoms with Crippen molar-refractivity contribution in [2.45, 2.75) is 25.7 Å². The van der Waals surface area contributed by atoms with E-state index in [1.807, 2.05) is 0 Å². The van der Waals surface area contributed by atoms with E-state index in [9.17, 15) is 4.79 Å². The zero-order chi connectivity index (χ0) is 29.0. The molecule has 0 fully saturated rings.